The number of carbonyl (C=O) groups is 1. The molecule has 0 aliphatic rings. The summed E-state index contributed by atoms with van der Waals surface area (Å²) in [4.78, 5) is 18.0. The Balaban J connectivity index is 1.63. The van der Waals surface area contributed by atoms with Gasteiger partial charge in [-0.25, -0.2) is 9.78 Å². The third-order valence-corrected chi connectivity index (χ3v) is 4.34. The van der Waals surface area contributed by atoms with E-state index in [-0.39, 0.29) is 12.1 Å². The van der Waals surface area contributed by atoms with E-state index < -0.39 is 0 Å². The molecule has 1 aromatic carbocycles. The first-order valence-electron chi connectivity index (χ1n) is 7.02. The molecule has 2 aromatic heterocycles. The van der Waals surface area contributed by atoms with Crippen molar-refractivity contribution >= 4 is 28.3 Å². The Morgan fingerprint density at radius 3 is 3.00 bits per heavy atom. The molecular weight excluding hydrogens is 298 g/mol. The van der Waals surface area contributed by atoms with Gasteiger partial charge in [0.2, 0.25) is 0 Å². The van der Waals surface area contributed by atoms with E-state index in [0.717, 1.165) is 21.7 Å². The summed E-state index contributed by atoms with van der Waals surface area (Å²) < 4.78 is 5.73. The van der Waals surface area contributed by atoms with Gasteiger partial charge in [0.15, 0.2) is 0 Å². The number of urea groups is 1. The quantitative estimate of drug-likeness (QED) is 0.797. The number of amides is 2. The normalized spacial score (nSPS) is 12.3. The van der Waals surface area contributed by atoms with Crippen molar-refractivity contribution in [3.8, 4) is 0 Å². The Morgan fingerprint density at radius 2 is 2.27 bits per heavy atom. The molecule has 1 unspecified atom stereocenters. The first-order chi connectivity index (χ1) is 10.6. The number of hydrogen-bond donors (Lipinski definition) is 1. The molecule has 114 valence electrons. The van der Waals surface area contributed by atoms with Crippen molar-refractivity contribution in [2.45, 2.75) is 19.5 Å². The number of furan rings is 1. The predicted molar refractivity (Wildman–Crippen MR) is 86.7 cm³/mol. The minimum Gasteiger partial charge on any atom is -0.459 e. The van der Waals surface area contributed by atoms with Gasteiger partial charge in [-0.1, -0.05) is 18.2 Å². The molecule has 22 heavy (non-hydrogen) atoms. The van der Waals surface area contributed by atoms with E-state index in [2.05, 4.69) is 10.3 Å². The lowest BCUT2D eigenvalue weighted by atomic mass is 10.2. The highest BCUT2D eigenvalue weighted by Gasteiger charge is 2.16. The summed E-state index contributed by atoms with van der Waals surface area (Å²) in [6.45, 7) is 2.34. The fraction of sp³-hybridized carbons (Fsp3) is 0.250. The highest BCUT2D eigenvalue weighted by atomic mass is 32.1. The number of nitrogens with one attached hydrogen (secondary N) is 1. The van der Waals surface area contributed by atoms with Crippen LogP contribution in [0.15, 0.2) is 46.3 Å². The fourth-order valence-corrected chi connectivity index (χ4v) is 2.87. The van der Waals surface area contributed by atoms with Gasteiger partial charge in [0, 0.05) is 24.0 Å². The molecule has 1 N–H and O–H groups in total. The zero-order valence-electron chi connectivity index (χ0n) is 12.4. The number of aromatic nitrogens is 1. The SMILES string of the molecule is CC(NC(=O)N(C)Cc1cc2ccccc2o1)c1nccs1. The topological polar surface area (TPSA) is 58.4 Å². The summed E-state index contributed by atoms with van der Waals surface area (Å²) in [5.74, 6) is 0.765. The Morgan fingerprint density at radius 1 is 1.45 bits per heavy atom. The molecule has 0 spiro atoms. The van der Waals surface area contributed by atoms with E-state index in [1.165, 1.54) is 11.3 Å². The van der Waals surface area contributed by atoms with Crippen molar-refractivity contribution in [1.29, 1.82) is 0 Å². The summed E-state index contributed by atoms with van der Waals surface area (Å²) in [6, 6.07) is 9.52. The second-order valence-corrected chi connectivity index (χ2v) is 6.07. The van der Waals surface area contributed by atoms with Crippen LogP contribution in [-0.4, -0.2) is 23.0 Å². The van der Waals surface area contributed by atoms with Crippen LogP contribution in [0.4, 0.5) is 4.79 Å². The maximum atomic E-state index is 12.2. The van der Waals surface area contributed by atoms with Crippen molar-refractivity contribution < 1.29 is 9.21 Å². The predicted octanol–water partition coefficient (Wildman–Crippen LogP) is 3.79. The number of nitrogens with zero attached hydrogens (tertiary/aromatic N) is 2. The summed E-state index contributed by atoms with van der Waals surface area (Å²) >= 11 is 1.53. The zero-order valence-corrected chi connectivity index (χ0v) is 13.3. The number of fused-ring (bicyclic) bond motifs is 1. The molecule has 0 radical (unpaired) electrons. The highest BCUT2D eigenvalue weighted by Crippen LogP contribution is 2.20. The third-order valence-electron chi connectivity index (χ3n) is 3.38. The summed E-state index contributed by atoms with van der Waals surface area (Å²) in [6.07, 6.45) is 1.74. The van der Waals surface area contributed by atoms with Crippen LogP contribution in [0.1, 0.15) is 23.7 Å². The molecular formula is C16H17N3O2S. The van der Waals surface area contributed by atoms with Crippen LogP contribution in [0, 0.1) is 0 Å². The first kappa shape index (κ1) is 14.6. The lowest BCUT2D eigenvalue weighted by Gasteiger charge is -2.19. The molecule has 0 saturated heterocycles. The van der Waals surface area contributed by atoms with Crippen LogP contribution in [0.5, 0.6) is 0 Å². The van der Waals surface area contributed by atoms with Crippen LogP contribution < -0.4 is 5.32 Å². The third kappa shape index (κ3) is 3.12. The van der Waals surface area contributed by atoms with Gasteiger partial charge >= 0.3 is 6.03 Å². The Hall–Kier alpha value is -2.34. The molecule has 1 atom stereocenters. The molecule has 0 saturated carbocycles. The molecule has 5 nitrogen and oxygen atoms in total. The number of rotatable bonds is 4. The smallest absolute Gasteiger partial charge is 0.318 e. The minimum atomic E-state index is -0.150. The lowest BCUT2D eigenvalue weighted by molar-refractivity contribution is 0.200. The number of para-hydroxylation sites is 1. The van der Waals surface area contributed by atoms with Gasteiger partial charge in [-0.2, -0.15) is 0 Å². The van der Waals surface area contributed by atoms with E-state index in [1.54, 1.807) is 18.1 Å². The monoisotopic (exact) mass is 315 g/mol. The maximum absolute atomic E-state index is 12.2. The molecule has 0 fully saturated rings. The lowest BCUT2D eigenvalue weighted by Crippen LogP contribution is -2.38. The molecule has 0 bridgehead atoms. The van der Waals surface area contributed by atoms with Crippen molar-refractivity contribution in [3.63, 3.8) is 0 Å². The summed E-state index contributed by atoms with van der Waals surface area (Å²) in [7, 11) is 1.75. The number of carbonyl (C=O) groups excluding carboxylic acids is 1. The van der Waals surface area contributed by atoms with Crippen molar-refractivity contribution in [2.24, 2.45) is 0 Å². The Labute approximate surface area is 132 Å². The second-order valence-electron chi connectivity index (χ2n) is 5.15. The largest absolute Gasteiger partial charge is 0.459 e. The van der Waals surface area contributed by atoms with Crippen LogP contribution in [-0.2, 0) is 6.54 Å². The Kier molecular flexibility index (Phi) is 4.11. The maximum Gasteiger partial charge on any atom is 0.318 e. The van der Waals surface area contributed by atoms with Crippen molar-refractivity contribution in [2.75, 3.05) is 7.05 Å². The number of hydrogen-bond acceptors (Lipinski definition) is 4. The van der Waals surface area contributed by atoms with Crippen LogP contribution >= 0.6 is 11.3 Å². The van der Waals surface area contributed by atoms with E-state index in [9.17, 15) is 4.79 Å². The van der Waals surface area contributed by atoms with E-state index in [0.29, 0.717) is 6.54 Å². The molecule has 3 aromatic rings. The molecule has 6 heteroatoms. The Bertz CT molecular complexity index is 734. The first-order valence-corrected chi connectivity index (χ1v) is 7.90. The second kappa shape index (κ2) is 6.19. The zero-order chi connectivity index (χ0) is 15.5. The van der Waals surface area contributed by atoms with Gasteiger partial charge in [-0.15, -0.1) is 11.3 Å². The van der Waals surface area contributed by atoms with Crippen molar-refractivity contribution in [3.05, 3.63) is 52.7 Å². The molecule has 3 rings (SSSR count). The molecule has 0 aliphatic carbocycles. The van der Waals surface area contributed by atoms with Gasteiger partial charge in [0.25, 0.3) is 0 Å². The van der Waals surface area contributed by atoms with Gasteiger partial charge in [0.05, 0.1) is 12.6 Å². The van der Waals surface area contributed by atoms with Crippen LogP contribution in [0.3, 0.4) is 0 Å². The van der Waals surface area contributed by atoms with Gasteiger partial charge in [-0.3, -0.25) is 0 Å². The van der Waals surface area contributed by atoms with Crippen LogP contribution in [0.25, 0.3) is 11.0 Å². The summed E-state index contributed by atoms with van der Waals surface area (Å²) in [5, 5.41) is 6.77. The fourth-order valence-electron chi connectivity index (χ4n) is 2.23. The standard InChI is InChI=1S/C16H17N3O2S/c1-11(15-17-7-8-22-15)18-16(20)19(2)10-13-9-12-5-3-4-6-14(12)21-13/h3-9,11H,10H2,1-2H3,(H,18,20). The van der Waals surface area contributed by atoms with E-state index >= 15 is 0 Å². The van der Waals surface area contributed by atoms with Gasteiger partial charge < -0.3 is 14.6 Å². The van der Waals surface area contributed by atoms with Gasteiger partial charge in [0.1, 0.15) is 16.4 Å². The number of benzene rings is 1. The average Bonchev–Trinajstić information content (AvgIpc) is 3.15. The van der Waals surface area contributed by atoms with Gasteiger partial charge in [-0.05, 0) is 19.1 Å². The molecule has 2 amide bonds. The van der Waals surface area contributed by atoms with E-state index in [4.69, 9.17) is 4.42 Å². The highest BCUT2D eigenvalue weighted by molar-refractivity contribution is 7.09. The van der Waals surface area contributed by atoms with Crippen molar-refractivity contribution in [1.82, 2.24) is 15.2 Å². The molecule has 0 aliphatic heterocycles. The van der Waals surface area contributed by atoms with Crippen LogP contribution in [0.2, 0.25) is 0 Å². The number of thiazole rings is 1. The summed E-state index contributed by atoms with van der Waals surface area (Å²) in [5.41, 5.74) is 0.836. The minimum absolute atomic E-state index is 0.106. The average molecular weight is 315 g/mol. The molecule has 2 heterocycles. The van der Waals surface area contributed by atoms with E-state index in [1.807, 2.05) is 42.6 Å².